The molecule has 1 amide bonds. The number of nitro groups is 1. The van der Waals surface area contributed by atoms with Crippen LogP contribution >= 0.6 is 12.2 Å². The average molecular weight is 345 g/mol. The molecular weight excluding hydrogens is 330 g/mol. The number of methoxy groups -OCH3 is 1. The Labute approximate surface area is 143 Å². The molecule has 2 aromatic rings. The number of rotatable bonds is 4. The molecule has 7 nitrogen and oxygen atoms in total. The molecule has 8 heteroatoms. The van der Waals surface area contributed by atoms with Crippen molar-refractivity contribution in [3.8, 4) is 5.75 Å². The van der Waals surface area contributed by atoms with E-state index in [1.54, 1.807) is 31.4 Å². The van der Waals surface area contributed by atoms with Crippen molar-refractivity contribution >= 4 is 34.6 Å². The minimum Gasteiger partial charge on any atom is -0.497 e. The first kappa shape index (κ1) is 17.4. The zero-order chi connectivity index (χ0) is 17.7. The van der Waals surface area contributed by atoms with Crippen LogP contribution in [-0.4, -0.2) is 23.1 Å². The summed E-state index contributed by atoms with van der Waals surface area (Å²) >= 11 is 5.09. The highest BCUT2D eigenvalue weighted by Gasteiger charge is 2.18. The summed E-state index contributed by atoms with van der Waals surface area (Å²) in [4.78, 5) is 22.7. The second-order valence-corrected chi connectivity index (χ2v) is 5.25. The van der Waals surface area contributed by atoms with Crippen LogP contribution < -0.4 is 15.4 Å². The Morgan fingerprint density at radius 1 is 1.21 bits per heavy atom. The van der Waals surface area contributed by atoms with Gasteiger partial charge in [0.1, 0.15) is 5.75 Å². The lowest BCUT2D eigenvalue weighted by atomic mass is 10.1. The predicted octanol–water partition coefficient (Wildman–Crippen LogP) is 3.04. The van der Waals surface area contributed by atoms with Gasteiger partial charge in [-0.2, -0.15) is 0 Å². The molecule has 0 unspecified atom stereocenters. The van der Waals surface area contributed by atoms with Crippen LogP contribution in [0, 0.1) is 17.0 Å². The molecule has 0 aliphatic heterocycles. The van der Waals surface area contributed by atoms with Gasteiger partial charge in [0.05, 0.1) is 12.0 Å². The van der Waals surface area contributed by atoms with E-state index in [9.17, 15) is 14.9 Å². The van der Waals surface area contributed by atoms with Gasteiger partial charge in [-0.1, -0.05) is 6.07 Å². The van der Waals surface area contributed by atoms with Crippen LogP contribution in [0.4, 0.5) is 11.4 Å². The maximum Gasteiger partial charge on any atom is 0.273 e. The Bertz CT molecular complexity index is 790. The van der Waals surface area contributed by atoms with E-state index in [-0.39, 0.29) is 21.9 Å². The fourth-order valence-corrected chi connectivity index (χ4v) is 2.28. The Balaban J connectivity index is 2.07. The summed E-state index contributed by atoms with van der Waals surface area (Å²) in [5, 5.41) is 16.4. The quantitative estimate of drug-likeness (QED) is 0.502. The number of carbonyl (C=O) groups excluding carboxylic acids is 1. The van der Waals surface area contributed by atoms with Crippen molar-refractivity contribution in [3.63, 3.8) is 0 Å². The standard InChI is InChI=1S/C16H15N3O4S/c1-10-13(4-3-5-14(10)19(21)22)15(20)18-16(24)17-11-6-8-12(23-2)9-7-11/h3-9H,1-2H3,(H2,17,18,20,24). The molecule has 0 aliphatic carbocycles. The van der Waals surface area contributed by atoms with E-state index in [1.807, 2.05) is 0 Å². The van der Waals surface area contributed by atoms with Crippen LogP contribution in [0.25, 0.3) is 0 Å². The minimum absolute atomic E-state index is 0.0936. The predicted molar refractivity (Wildman–Crippen MR) is 94.5 cm³/mol. The Kier molecular flexibility index (Phi) is 5.43. The number of anilines is 1. The average Bonchev–Trinajstić information content (AvgIpc) is 2.55. The molecule has 24 heavy (non-hydrogen) atoms. The molecule has 0 heterocycles. The van der Waals surface area contributed by atoms with Crippen molar-refractivity contribution in [1.82, 2.24) is 5.32 Å². The molecule has 0 radical (unpaired) electrons. The highest BCUT2D eigenvalue weighted by atomic mass is 32.1. The van der Waals surface area contributed by atoms with Crippen molar-refractivity contribution in [1.29, 1.82) is 0 Å². The minimum atomic E-state index is -0.528. The van der Waals surface area contributed by atoms with Gasteiger partial charge < -0.3 is 10.1 Å². The molecule has 0 saturated carbocycles. The molecule has 0 spiro atoms. The largest absolute Gasteiger partial charge is 0.497 e. The summed E-state index contributed by atoms with van der Waals surface area (Å²) in [6.45, 7) is 1.52. The van der Waals surface area contributed by atoms with Gasteiger partial charge in [0.15, 0.2) is 5.11 Å². The smallest absolute Gasteiger partial charge is 0.273 e. The highest BCUT2D eigenvalue weighted by molar-refractivity contribution is 7.80. The fourth-order valence-electron chi connectivity index (χ4n) is 2.07. The van der Waals surface area contributed by atoms with E-state index in [0.29, 0.717) is 11.4 Å². The topological polar surface area (TPSA) is 93.5 Å². The van der Waals surface area contributed by atoms with Crippen LogP contribution in [0.3, 0.4) is 0 Å². The number of amides is 1. The van der Waals surface area contributed by atoms with E-state index >= 15 is 0 Å². The maximum atomic E-state index is 12.3. The van der Waals surface area contributed by atoms with E-state index in [1.165, 1.54) is 25.1 Å². The van der Waals surface area contributed by atoms with Gasteiger partial charge in [0.2, 0.25) is 0 Å². The lowest BCUT2D eigenvalue weighted by molar-refractivity contribution is -0.385. The molecule has 2 N–H and O–H groups in total. The number of carbonyl (C=O) groups is 1. The first-order chi connectivity index (χ1) is 11.4. The van der Waals surface area contributed by atoms with Gasteiger partial charge in [-0.05, 0) is 49.5 Å². The third kappa shape index (κ3) is 4.05. The second-order valence-electron chi connectivity index (χ2n) is 4.84. The van der Waals surface area contributed by atoms with E-state index in [4.69, 9.17) is 17.0 Å². The van der Waals surface area contributed by atoms with Gasteiger partial charge in [-0.25, -0.2) is 0 Å². The summed E-state index contributed by atoms with van der Waals surface area (Å²) in [5.74, 6) is 0.185. The van der Waals surface area contributed by atoms with Crippen LogP contribution in [0.1, 0.15) is 15.9 Å². The SMILES string of the molecule is COc1ccc(NC(=S)NC(=O)c2cccc([N+](=O)[O-])c2C)cc1. The molecule has 0 atom stereocenters. The molecule has 2 aromatic carbocycles. The van der Waals surface area contributed by atoms with Crippen molar-refractivity contribution in [2.75, 3.05) is 12.4 Å². The van der Waals surface area contributed by atoms with E-state index in [2.05, 4.69) is 10.6 Å². The van der Waals surface area contributed by atoms with Gasteiger partial charge >= 0.3 is 0 Å². The molecule has 0 bridgehead atoms. The third-order valence-electron chi connectivity index (χ3n) is 3.32. The van der Waals surface area contributed by atoms with Gasteiger partial charge in [0, 0.05) is 22.9 Å². The van der Waals surface area contributed by atoms with E-state index < -0.39 is 10.8 Å². The summed E-state index contributed by atoms with van der Waals surface area (Å²) in [7, 11) is 1.56. The zero-order valence-corrected chi connectivity index (χ0v) is 13.8. The Hall–Kier alpha value is -3.00. The second kappa shape index (κ2) is 7.51. The number of hydrogen-bond donors (Lipinski definition) is 2. The number of nitrogens with one attached hydrogen (secondary N) is 2. The molecule has 0 fully saturated rings. The van der Waals surface area contributed by atoms with Crippen molar-refractivity contribution in [3.05, 3.63) is 63.7 Å². The highest BCUT2D eigenvalue weighted by Crippen LogP contribution is 2.21. The van der Waals surface area contributed by atoms with Gasteiger partial charge in [-0.3, -0.25) is 20.2 Å². The van der Waals surface area contributed by atoms with Crippen LogP contribution in [0.5, 0.6) is 5.75 Å². The number of ether oxygens (including phenoxy) is 1. The molecule has 0 aliphatic rings. The number of nitrogens with zero attached hydrogens (tertiary/aromatic N) is 1. The van der Waals surface area contributed by atoms with Crippen molar-refractivity contribution < 1.29 is 14.5 Å². The molecule has 124 valence electrons. The first-order valence-electron chi connectivity index (χ1n) is 6.92. The first-order valence-corrected chi connectivity index (χ1v) is 7.33. The molecule has 0 aromatic heterocycles. The zero-order valence-electron chi connectivity index (χ0n) is 13.0. The molecule has 2 rings (SSSR count). The van der Waals surface area contributed by atoms with E-state index in [0.717, 1.165) is 0 Å². The van der Waals surface area contributed by atoms with Crippen molar-refractivity contribution in [2.24, 2.45) is 0 Å². The third-order valence-corrected chi connectivity index (χ3v) is 3.53. The summed E-state index contributed by atoms with van der Waals surface area (Å²) in [6, 6.07) is 11.3. The lowest BCUT2D eigenvalue weighted by Crippen LogP contribution is -2.34. The monoisotopic (exact) mass is 345 g/mol. The van der Waals surface area contributed by atoms with Crippen LogP contribution in [0.2, 0.25) is 0 Å². The summed E-state index contributed by atoms with van der Waals surface area (Å²) < 4.78 is 5.05. The fraction of sp³-hybridized carbons (Fsp3) is 0.125. The molecule has 0 saturated heterocycles. The lowest BCUT2D eigenvalue weighted by Gasteiger charge is -2.11. The van der Waals surface area contributed by atoms with Gasteiger partial charge in [-0.15, -0.1) is 0 Å². The summed E-state index contributed by atoms with van der Waals surface area (Å²) in [5.41, 5.74) is 1.05. The van der Waals surface area contributed by atoms with Crippen LogP contribution in [-0.2, 0) is 0 Å². The number of nitro benzene ring substituents is 1. The number of benzene rings is 2. The van der Waals surface area contributed by atoms with Crippen LogP contribution in [0.15, 0.2) is 42.5 Å². The van der Waals surface area contributed by atoms with Gasteiger partial charge in [0.25, 0.3) is 11.6 Å². The Morgan fingerprint density at radius 2 is 1.88 bits per heavy atom. The number of hydrogen-bond acceptors (Lipinski definition) is 5. The maximum absolute atomic E-state index is 12.3. The number of thiocarbonyl (C=S) groups is 1. The Morgan fingerprint density at radius 3 is 2.46 bits per heavy atom. The molecular formula is C16H15N3O4S. The van der Waals surface area contributed by atoms with Crippen molar-refractivity contribution in [2.45, 2.75) is 6.92 Å². The normalized spacial score (nSPS) is 9.92. The summed E-state index contributed by atoms with van der Waals surface area (Å²) in [6.07, 6.45) is 0.